The Hall–Kier alpha value is -5.19. The van der Waals surface area contributed by atoms with Crippen LogP contribution in [0.1, 0.15) is 21.6 Å². The highest BCUT2D eigenvalue weighted by molar-refractivity contribution is 6.18. The molecule has 0 fully saturated rings. The number of methoxy groups -OCH3 is 7. The molecule has 41 heavy (non-hydrogen) atoms. The van der Waals surface area contributed by atoms with Crippen LogP contribution in [0.2, 0.25) is 0 Å². The van der Waals surface area contributed by atoms with Crippen LogP contribution in [0.3, 0.4) is 0 Å². The molecule has 4 aromatic rings. The van der Waals surface area contributed by atoms with E-state index in [1.165, 1.54) is 47.7 Å². The summed E-state index contributed by atoms with van der Waals surface area (Å²) in [6.45, 7) is 0. The van der Waals surface area contributed by atoms with Gasteiger partial charge >= 0.3 is 5.97 Å². The quantitative estimate of drug-likeness (QED) is 0.142. The number of nitrogens with zero attached hydrogens (tertiary/aromatic N) is 2. The van der Waals surface area contributed by atoms with Crippen LogP contribution >= 0.6 is 0 Å². The topological polar surface area (TPSA) is 116 Å². The number of aromatic nitrogens is 1. The van der Waals surface area contributed by atoms with Crippen LogP contribution in [0.5, 0.6) is 40.2 Å². The van der Waals surface area contributed by atoms with E-state index in [1.807, 2.05) is 12.1 Å². The van der Waals surface area contributed by atoms with Gasteiger partial charge in [-0.15, -0.1) is 0 Å². The minimum Gasteiger partial charge on any atom is -0.493 e. The summed E-state index contributed by atoms with van der Waals surface area (Å²) in [5.41, 5.74) is 1.36. The summed E-state index contributed by atoms with van der Waals surface area (Å²) in [5, 5.41) is 5.78. The lowest BCUT2D eigenvalue weighted by atomic mass is 10.0. The zero-order valence-electron chi connectivity index (χ0n) is 23.8. The number of pyridine rings is 1. The van der Waals surface area contributed by atoms with Crippen molar-refractivity contribution < 1.29 is 42.8 Å². The molecule has 214 valence electrons. The molecule has 0 bridgehead atoms. The Morgan fingerprint density at radius 3 is 1.76 bits per heavy atom. The molecular formula is C30H30N2O9. The normalized spacial score (nSPS) is 11.0. The van der Waals surface area contributed by atoms with Crippen LogP contribution in [-0.2, 0) is 4.84 Å². The minimum atomic E-state index is -0.762. The number of oxime groups is 1. The van der Waals surface area contributed by atoms with E-state index in [-0.39, 0.29) is 11.3 Å². The second-order valence-corrected chi connectivity index (χ2v) is 8.39. The Kier molecular flexibility index (Phi) is 8.98. The van der Waals surface area contributed by atoms with E-state index < -0.39 is 5.97 Å². The molecule has 0 aliphatic carbocycles. The van der Waals surface area contributed by atoms with Gasteiger partial charge in [-0.05, 0) is 53.9 Å². The Balaban J connectivity index is 1.88. The number of hydrogen-bond donors (Lipinski definition) is 0. The lowest BCUT2D eigenvalue weighted by Crippen LogP contribution is -2.11. The first-order valence-corrected chi connectivity index (χ1v) is 12.3. The predicted octanol–water partition coefficient (Wildman–Crippen LogP) is 4.90. The Morgan fingerprint density at radius 1 is 0.610 bits per heavy atom. The summed E-state index contributed by atoms with van der Waals surface area (Å²) in [6.07, 6.45) is 1.63. The lowest BCUT2D eigenvalue weighted by Gasteiger charge is -2.15. The van der Waals surface area contributed by atoms with E-state index >= 15 is 0 Å². The maximum atomic E-state index is 13.2. The molecule has 1 heterocycles. The second kappa shape index (κ2) is 12.8. The average Bonchev–Trinajstić information content (AvgIpc) is 3.02. The van der Waals surface area contributed by atoms with E-state index in [1.54, 1.807) is 44.7 Å². The van der Waals surface area contributed by atoms with E-state index in [0.29, 0.717) is 56.9 Å². The van der Waals surface area contributed by atoms with Gasteiger partial charge in [-0.1, -0.05) is 5.16 Å². The third kappa shape index (κ3) is 5.74. The molecule has 0 atom stereocenters. The van der Waals surface area contributed by atoms with Crippen LogP contribution in [-0.4, -0.2) is 66.4 Å². The van der Waals surface area contributed by atoms with Crippen molar-refractivity contribution in [3.63, 3.8) is 0 Å². The van der Waals surface area contributed by atoms with E-state index in [9.17, 15) is 4.79 Å². The highest BCUT2D eigenvalue weighted by Gasteiger charge is 2.21. The summed E-state index contributed by atoms with van der Waals surface area (Å²) in [5.74, 6) is 2.17. The molecule has 0 saturated heterocycles. The smallest absolute Gasteiger partial charge is 0.366 e. The fourth-order valence-corrected chi connectivity index (χ4v) is 4.24. The second-order valence-electron chi connectivity index (χ2n) is 8.39. The number of carbonyl (C=O) groups is 1. The molecule has 0 unspecified atom stereocenters. The van der Waals surface area contributed by atoms with E-state index in [4.69, 9.17) is 38.0 Å². The Morgan fingerprint density at radius 2 is 1.17 bits per heavy atom. The van der Waals surface area contributed by atoms with Crippen molar-refractivity contribution in [2.75, 3.05) is 49.8 Å². The van der Waals surface area contributed by atoms with Gasteiger partial charge in [0.25, 0.3) is 0 Å². The number of fused-ring (bicyclic) bond motifs is 1. The van der Waals surface area contributed by atoms with Crippen molar-refractivity contribution >= 4 is 22.5 Å². The fraction of sp³-hybridized carbons (Fsp3) is 0.233. The summed E-state index contributed by atoms with van der Waals surface area (Å²) in [6, 6.07) is 13.6. The molecule has 11 nitrogen and oxygen atoms in total. The summed E-state index contributed by atoms with van der Waals surface area (Å²) in [7, 11) is 10.5. The van der Waals surface area contributed by atoms with Gasteiger partial charge in [0.15, 0.2) is 34.5 Å². The molecule has 4 rings (SSSR count). The molecular weight excluding hydrogens is 532 g/mol. The molecule has 0 aliphatic rings. The molecule has 0 aliphatic heterocycles. The monoisotopic (exact) mass is 562 g/mol. The van der Waals surface area contributed by atoms with Crippen molar-refractivity contribution in [2.45, 2.75) is 0 Å². The first-order valence-electron chi connectivity index (χ1n) is 12.3. The van der Waals surface area contributed by atoms with Crippen LogP contribution < -0.4 is 33.2 Å². The first-order chi connectivity index (χ1) is 19.9. The van der Waals surface area contributed by atoms with Gasteiger partial charge in [-0.25, -0.2) is 4.79 Å². The number of ether oxygens (including phenoxy) is 7. The summed E-state index contributed by atoms with van der Waals surface area (Å²) < 4.78 is 37.9. The molecule has 0 saturated carbocycles. The van der Waals surface area contributed by atoms with Gasteiger partial charge in [0, 0.05) is 17.1 Å². The summed E-state index contributed by atoms with van der Waals surface area (Å²) in [4.78, 5) is 23.3. The lowest BCUT2D eigenvalue weighted by molar-refractivity contribution is 0.0516. The predicted molar refractivity (Wildman–Crippen MR) is 152 cm³/mol. The van der Waals surface area contributed by atoms with Crippen LogP contribution in [0.15, 0.2) is 59.9 Å². The third-order valence-electron chi connectivity index (χ3n) is 6.27. The van der Waals surface area contributed by atoms with Crippen molar-refractivity contribution in [2.24, 2.45) is 5.16 Å². The van der Waals surface area contributed by atoms with Crippen LogP contribution in [0, 0.1) is 0 Å². The van der Waals surface area contributed by atoms with Crippen molar-refractivity contribution in [1.82, 2.24) is 4.98 Å². The van der Waals surface area contributed by atoms with Gasteiger partial charge in [0.05, 0.1) is 55.3 Å². The van der Waals surface area contributed by atoms with Gasteiger partial charge in [0.2, 0.25) is 5.75 Å². The minimum absolute atomic E-state index is 0.132. The molecule has 0 radical (unpaired) electrons. The zero-order valence-corrected chi connectivity index (χ0v) is 23.8. The van der Waals surface area contributed by atoms with Crippen molar-refractivity contribution in [3.8, 4) is 40.2 Å². The molecule has 0 spiro atoms. The Bertz CT molecular complexity index is 1580. The SMILES string of the molecule is COc1ccc(/C(=N\OC(=O)c2cc(OC)c(OC)c(OC)c2)c2nccc3cc(OC)c(OC)cc23)cc1OC. The van der Waals surface area contributed by atoms with Gasteiger partial charge in [-0.2, -0.15) is 0 Å². The maximum Gasteiger partial charge on any atom is 0.366 e. The molecule has 3 aromatic carbocycles. The third-order valence-corrected chi connectivity index (χ3v) is 6.27. The molecule has 1 aromatic heterocycles. The standard InChI is InChI=1S/C30H30N2O9/c1-34-21-9-8-18(13-22(21)35-2)27(28-20-16-24(37-4)23(36-3)12-17(20)10-11-31-28)32-41-30(33)19-14-25(38-5)29(40-7)26(15-19)39-6/h8-16H,1-7H3/b32-27+. The molecule has 0 N–H and O–H groups in total. The largest absolute Gasteiger partial charge is 0.493 e. The fourth-order valence-electron chi connectivity index (χ4n) is 4.24. The number of carbonyl (C=O) groups excluding carboxylic acids is 1. The van der Waals surface area contributed by atoms with Gasteiger partial charge in [0.1, 0.15) is 11.4 Å². The van der Waals surface area contributed by atoms with Crippen LogP contribution in [0.4, 0.5) is 0 Å². The summed E-state index contributed by atoms with van der Waals surface area (Å²) >= 11 is 0. The number of hydrogen-bond acceptors (Lipinski definition) is 11. The first kappa shape index (κ1) is 28.8. The number of benzene rings is 3. The van der Waals surface area contributed by atoms with Gasteiger partial charge in [-0.3, -0.25) is 4.98 Å². The average molecular weight is 563 g/mol. The highest BCUT2D eigenvalue weighted by Crippen LogP contribution is 2.39. The highest BCUT2D eigenvalue weighted by atomic mass is 16.7. The van der Waals surface area contributed by atoms with Gasteiger partial charge < -0.3 is 38.0 Å². The van der Waals surface area contributed by atoms with E-state index in [2.05, 4.69) is 10.1 Å². The maximum absolute atomic E-state index is 13.2. The number of rotatable bonds is 11. The molecule has 11 heteroatoms. The van der Waals surface area contributed by atoms with Crippen molar-refractivity contribution in [3.05, 3.63) is 71.5 Å². The Labute approximate surface area is 237 Å². The zero-order chi connectivity index (χ0) is 29.5. The molecule has 0 amide bonds. The van der Waals surface area contributed by atoms with E-state index in [0.717, 1.165) is 5.39 Å². The van der Waals surface area contributed by atoms with Crippen molar-refractivity contribution in [1.29, 1.82) is 0 Å². The van der Waals surface area contributed by atoms with Crippen LogP contribution in [0.25, 0.3) is 10.8 Å².